The molecule has 0 saturated carbocycles. The molecule has 0 spiro atoms. The second kappa shape index (κ2) is 9.35. The van der Waals surface area contributed by atoms with Crippen LogP contribution in [0, 0.1) is 0 Å². The lowest BCUT2D eigenvalue weighted by Gasteiger charge is -2.41. The van der Waals surface area contributed by atoms with Crippen molar-refractivity contribution in [2.45, 2.75) is 31.7 Å². The van der Waals surface area contributed by atoms with Crippen molar-refractivity contribution in [1.82, 2.24) is 15.2 Å². The summed E-state index contributed by atoms with van der Waals surface area (Å²) in [5.41, 5.74) is 3.31. The number of hydrogen-bond donors (Lipinski definition) is 2. The fraction of sp³-hybridized carbons (Fsp3) is 0.360. The summed E-state index contributed by atoms with van der Waals surface area (Å²) in [5, 5.41) is 4.13. The molecule has 0 radical (unpaired) electrons. The molecule has 0 fully saturated rings. The van der Waals surface area contributed by atoms with Crippen LogP contribution in [0.15, 0.2) is 54.7 Å². The zero-order valence-electron chi connectivity index (χ0n) is 18.1. The summed E-state index contributed by atoms with van der Waals surface area (Å²) in [4.78, 5) is 32.1. The lowest BCUT2D eigenvalue weighted by atomic mass is 9.79. The number of H-pyrrole nitrogens is 1. The van der Waals surface area contributed by atoms with Gasteiger partial charge in [-0.15, -0.1) is 0 Å². The summed E-state index contributed by atoms with van der Waals surface area (Å²) >= 11 is 0. The number of unbranched alkanes of at least 4 members (excludes halogenated alkanes) is 1. The molecule has 3 aromatic rings. The van der Waals surface area contributed by atoms with Crippen LogP contribution in [0.4, 0.5) is 0 Å². The monoisotopic (exact) mass is 419 g/mol. The first-order valence-corrected chi connectivity index (χ1v) is 10.9. The van der Waals surface area contributed by atoms with Gasteiger partial charge in [0.15, 0.2) is 0 Å². The number of methoxy groups -OCH3 is 1. The van der Waals surface area contributed by atoms with Crippen LogP contribution in [0.1, 0.15) is 53.2 Å². The van der Waals surface area contributed by atoms with E-state index in [2.05, 4.69) is 17.2 Å². The van der Waals surface area contributed by atoms with E-state index in [0.717, 1.165) is 34.9 Å². The summed E-state index contributed by atoms with van der Waals surface area (Å²) in [7, 11) is 1.62. The molecule has 162 valence electrons. The maximum atomic E-state index is 13.5. The molecule has 1 aliphatic rings. The van der Waals surface area contributed by atoms with Gasteiger partial charge in [0.1, 0.15) is 0 Å². The van der Waals surface area contributed by atoms with Gasteiger partial charge in [0, 0.05) is 48.4 Å². The number of aromatic amines is 1. The van der Waals surface area contributed by atoms with Gasteiger partial charge in [-0.1, -0.05) is 49.7 Å². The average molecular weight is 420 g/mol. The number of benzene rings is 2. The molecule has 31 heavy (non-hydrogen) atoms. The zero-order chi connectivity index (χ0) is 21.8. The molecule has 6 heteroatoms. The van der Waals surface area contributed by atoms with Crippen molar-refractivity contribution in [2.24, 2.45) is 0 Å². The number of hydrogen-bond acceptors (Lipinski definition) is 3. The van der Waals surface area contributed by atoms with Crippen LogP contribution in [0.25, 0.3) is 10.9 Å². The van der Waals surface area contributed by atoms with Crippen LogP contribution in [0.5, 0.6) is 0 Å². The predicted molar refractivity (Wildman–Crippen MR) is 121 cm³/mol. The van der Waals surface area contributed by atoms with E-state index in [4.69, 9.17) is 4.74 Å². The maximum Gasteiger partial charge on any atom is 0.254 e. The number of nitrogens with zero attached hydrogens (tertiary/aromatic N) is 1. The first kappa shape index (κ1) is 21.1. The number of carbonyl (C=O) groups is 2. The minimum Gasteiger partial charge on any atom is -0.383 e. The van der Waals surface area contributed by atoms with Crippen molar-refractivity contribution in [2.75, 3.05) is 26.8 Å². The first-order valence-electron chi connectivity index (χ1n) is 10.9. The molecule has 2 N–H and O–H groups in total. The number of amides is 2. The standard InChI is InChI=1S/C25H29N3O3/c1-3-4-13-26-24(29)22-18-10-5-6-11-19(18)25(30)28(14-15-31-2)23(22)20-16-27-21-12-8-7-9-17(20)21/h5-12,16,22-23,27H,3-4,13-15H2,1-2H3,(H,26,29)/t22-,23+/m0/s1. The van der Waals surface area contributed by atoms with Gasteiger partial charge < -0.3 is 19.9 Å². The molecule has 2 aromatic carbocycles. The molecule has 2 atom stereocenters. The smallest absolute Gasteiger partial charge is 0.254 e. The Bertz CT molecular complexity index is 1070. The number of ether oxygens (including phenoxy) is 1. The molecule has 6 nitrogen and oxygen atoms in total. The summed E-state index contributed by atoms with van der Waals surface area (Å²) in [6.07, 6.45) is 3.86. The van der Waals surface area contributed by atoms with Gasteiger partial charge in [0.25, 0.3) is 5.91 Å². The van der Waals surface area contributed by atoms with Crippen molar-refractivity contribution in [1.29, 1.82) is 0 Å². The van der Waals surface area contributed by atoms with E-state index in [1.165, 1.54) is 0 Å². The van der Waals surface area contributed by atoms with Gasteiger partial charge in [-0.25, -0.2) is 0 Å². The summed E-state index contributed by atoms with van der Waals surface area (Å²) in [5.74, 6) is -0.617. The molecule has 0 saturated heterocycles. The third kappa shape index (κ3) is 3.95. The number of carbonyl (C=O) groups excluding carboxylic acids is 2. The minimum absolute atomic E-state index is 0.0499. The van der Waals surface area contributed by atoms with Crippen LogP contribution in [0.2, 0.25) is 0 Å². The Morgan fingerprint density at radius 2 is 1.90 bits per heavy atom. The number of aromatic nitrogens is 1. The maximum absolute atomic E-state index is 13.5. The molecule has 0 aliphatic carbocycles. The fourth-order valence-electron chi connectivity index (χ4n) is 4.49. The van der Waals surface area contributed by atoms with E-state index in [1.807, 2.05) is 54.7 Å². The van der Waals surface area contributed by atoms with Crippen molar-refractivity contribution >= 4 is 22.7 Å². The van der Waals surface area contributed by atoms with Gasteiger partial charge in [0.2, 0.25) is 5.91 Å². The highest BCUT2D eigenvalue weighted by Crippen LogP contribution is 2.44. The molecule has 2 heterocycles. The van der Waals surface area contributed by atoms with Gasteiger partial charge >= 0.3 is 0 Å². The van der Waals surface area contributed by atoms with E-state index < -0.39 is 12.0 Å². The van der Waals surface area contributed by atoms with E-state index in [9.17, 15) is 9.59 Å². The third-order valence-corrected chi connectivity index (χ3v) is 6.03. The SMILES string of the molecule is CCCCNC(=O)[C@H]1c2ccccc2C(=O)N(CCOC)[C@@H]1c1c[nH]c2ccccc12. The highest BCUT2D eigenvalue weighted by molar-refractivity contribution is 6.02. The van der Waals surface area contributed by atoms with Crippen molar-refractivity contribution in [3.63, 3.8) is 0 Å². The van der Waals surface area contributed by atoms with E-state index in [1.54, 1.807) is 12.0 Å². The average Bonchev–Trinajstić information content (AvgIpc) is 3.22. The summed E-state index contributed by atoms with van der Waals surface area (Å²) < 4.78 is 5.31. The van der Waals surface area contributed by atoms with Crippen LogP contribution < -0.4 is 5.32 Å². The second-order valence-electron chi connectivity index (χ2n) is 7.94. The van der Waals surface area contributed by atoms with Gasteiger partial charge in [-0.2, -0.15) is 0 Å². The Morgan fingerprint density at radius 1 is 1.13 bits per heavy atom. The van der Waals surface area contributed by atoms with Crippen molar-refractivity contribution in [3.8, 4) is 0 Å². The largest absolute Gasteiger partial charge is 0.383 e. The molecular formula is C25H29N3O3. The van der Waals surface area contributed by atoms with Gasteiger partial charge in [-0.05, 0) is 24.1 Å². The Kier molecular flexibility index (Phi) is 6.37. The van der Waals surface area contributed by atoms with Crippen LogP contribution in [-0.4, -0.2) is 48.5 Å². The number of fused-ring (bicyclic) bond motifs is 2. The lowest BCUT2D eigenvalue weighted by Crippen LogP contribution is -2.48. The third-order valence-electron chi connectivity index (χ3n) is 6.03. The normalized spacial score (nSPS) is 18.3. The lowest BCUT2D eigenvalue weighted by molar-refractivity contribution is -0.124. The molecule has 2 amide bonds. The van der Waals surface area contributed by atoms with E-state index >= 15 is 0 Å². The number of nitrogens with one attached hydrogen (secondary N) is 2. The van der Waals surface area contributed by atoms with Crippen molar-refractivity contribution < 1.29 is 14.3 Å². The highest BCUT2D eigenvalue weighted by atomic mass is 16.5. The summed E-state index contributed by atoms with van der Waals surface area (Å²) in [6, 6.07) is 15.0. The highest BCUT2D eigenvalue weighted by Gasteiger charge is 2.44. The quantitative estimate of drug-likeness (QED) is 0.542. The Labute approximate surface area is 182 Å². The molecule has 4 rings (SSSR count). The Hall–Kier alpha value is -3.12. The number of para-hydroxylation sites is 1. The van der Waals surface area contributed by atoms with Gasteiger partial charge in [-0.3, -0.25) is 9.59 Å². The number of rotatable bonds is 8. The first-order chi connectivity index (χ1) is 15.2. The predicted octanol–water partition coefficient (Wildman–Crippen LogP) is 4.01. The van der Waals surface area contributed by atoms with Crippen LogP contribution in [-0.2, 0) is 9.53 Å². The van der Waals surface area contributed by atoms with Gasteiger partial charge in [0.05, 0.1) is 18.6 Å². The van der Waals surface area contributed by atoms with E-state index in [-0.39, 0.29) is 11.8 Å². The van der Waals surface area contributed by atoms with Crippen LogP contribution in [0.3, 0.4) is 0 Å². The zero-order valence-corrected chi connectivity index (χ0v) is 18.1. The van der Waals surface area contributed by atoms with Crippen LogP contribution >= 0.6 is 0 Å². The Balaban J connectivity index is 1.86. The summed E-state index contributed by atoms with van der Waals surface area (Å²) in [6.45, 7) is 3.53. The van der Waals surface area contributed by atoms with Crippen molar-refractivity contribution in [3.05, 3.63) is 71.4 Å². The molecular weight excluding hydrogens is 390 g/mol. The van der Waals surface area contributed by atoms with E-state index in [0.29, 0.717) is 25.3 Å². The topological polar surface area (TPSA) is 74.4 Å². The molecule has 1 aromatic heterocycles. The Morgan fingerprint density at radius 3 is 2.71 bits per heavy atom. The second-order valence-corrected chi connectivity index (χ2v) is 7.94. The fourth-order valence-corrected chi connectivity index (χ4v) is 4.49. The molecule has 1 aliphatic heterocycles. The molecule has 0 bridgehead atoms. The minimum atomic E-state index is -0.498. The molecule has 0 unspecified atom stereocenters.